The summed E-state index contributed by atoms with van der Waals surface area (Å²) in [5.41, 5.74) is 1.42. The molecule has 0 bridgehead atoms. The first-order valence-electron chi connectivity index (χ1n) is 9.56. The second-order valence-corrected chi connectivity index (χ2v) is 7.56. The zero-order valence-corrected chi connectivity index (χ0v) is 16.0. The van der Waals surface area contributed by atoms with Crippen molar-refractivity contribution in [2.45, 2.75) is 45.4 Å². The molecule has 0 heterocycles. The monoisotopic (exact) mass is 410 g/mol. The minimum atomic E-state index is -5.00. The number of halogens is 4. The Hall–Kier alpha value is -2.57. The lowest BCUT2D eigenvalue weighted by Gasteiger charge is -2.26. The summed E-state index contributed by atoms with van der Waals surface area (Å²) in [5.74, 6) is -1.73. The van der Waals surface area contributed by atoms with Gasteiger partial charge in [0, 0.05) is 6.07 Å². The van der Waals surface area contributed by atoms with Gasteiger partial charge in [-0.1, -0.05) is 31.9 Å². The van der Waals surface area contributed by atoms with E-state index in [4.69, 9.17) is 4.74 Å². The molecule has 0 unspecified atom stereocenters. The van der Waals surface area contributed by atoms with Crippen LogP contribution in [0.1, 0.15) is 48.5 Å². The topological polar surface area (TPSA) is 35.5 Å². The Kier molecular flexibility index (Phi) is 6.45. The van der Waals surface area contributed by atoms with E-state index in [-0.39, 0.29) is 11.3 Å². The van der Waals surface area contributed by atoms with Crippen LogP contribution < -0.4 is 9.47 Å². The van der Waals surface area contributed by atoms with E-state index in [1.54, 1.807) is 12.1 Å². The maximum absolute atomic E-state index is 13.7. The van der Waals surface area contributed by atoms with Crippen molar-refractivity contribution in [3.8, 4) is 11.5 Å². The molecule has 0 spiro atoms. The summed E-state index contributed by atoms with van der Waals surface area (Å²) < 4.78 is 58.8. The number of hydrogen-bond donors (Lipinski definition) is 0. The van der Waals surface area contributed by atoms with Crippen LogP contribution in [-0.4, -0.2) is 12.3 Å². The fourth-order valence-electron chi connectivity index (χ4n) is 3.56. The van der Waals surface area contributed by atoms with Gasteiger partial charge in [0.05, 0.1) is 5.56 Å². The first-order valence-corrected chi connectivity index (χ1v) is 9.56. The number of rotatable bonds is 5. The van der Waals surface area contributed by atoms with Crippen molar-refractivity contribution in [1.82, 2.24) is 0 Å². The van der Waals surface area contributed by atoms with Crippen LogP contribution in [0.5, 0.6) is 11.5 Å². The molecule has 0 saturated heterocycles. The fourth-order valence-corrected chi connectivity index (χ4v) is 3.56. The van der Waals surface area contributed by atoms with E-state index >= 15 is 0 Å². The van der Waals surface area contributed by atoms with Crippen molar-refractivity contribution < 1.29 is 31.8 Å². The quantitative estimate of drug-likeness (QED) is 0.329. The highest BCUT2D eigenvalue weighted by atomic mass is 19.4. The lowest BCUT2D eigenvalue weighted by Crippen LogP contribution is -2.18. The molecule has 2 aromatic carbocycles. The van der Waals surface area contributed by atoms with Crippen LogP contribution in [0.4, 0.5) is 17.6 Å². The van der Waals surface area contributed by atoms with Crippen LogP contribution in [0.25, 0.3) is 0 Å². The number of benzene rings is 2. The van der Waals surface area contributed by atoms with E-state index in [1.807, 2.05) is 12.1 Å². The van der Waals surface area contributed by atoms with Crippen LogP contribution in [-0.2, 0) is 6.42 Å². The molecule has 1 fully saturated rings. The second kappa shape index (κ2) is 8.84. The molecular formula is C22H22F4O3. The van der Waals surface area contributed by atoms with Gasteiger partial charge in [0.25, 0.3) is 0 Å². The summed E-state index contributed by atoms with van der Waals surface area (Å²) in [4.78, 5) is 12.2. The Morgan fingerprint density at radius 2 is 1.69 bits per heavy atom. The number of ether oxygens (including phenoxy) is 2. The fraction of sp³-hybridized carbons (Fsp3) is 0.409. The summed E-state index contributed by atoms with van der Waals surface area (Å²) in [5, 5.41) is 0. The van der Waals surface area contributed by atoms with Crippen LogP contribution in [0.15, 0.2) is 42.5 Å². The van der Waals surface area contributed by atoms with Gasteiger partial charge in [-0.15, -0.1) is 13.2 Å². The molecule has 0 aliphatic heterocycles. The zero-order valence-electron chi connectivity index (χ0n) is 16.0. The molecule has 1 aliphatic carbocycles. The molecule has 0 radical (unpaired) electrons. The van der Waals surface area contributed by atoms with Gasteiger partial charge in [-0.25, -0.2) is 9.18 Å². The van der Waals surface area contributed by atoms with Gasteiger partial charge in [0.2, 0.25) is 0 Å². The summed E-state index contributed by atoms with van der Waals surface area (Å²) in [6.07, 6.45) is 0.886. The number of alkyl halides is 3. The molecule has 1 saturated carbocycles. The largest absolute Gasteiger partial charge is 0.573 e. The molecule has 0 N–H and O–H groups in total. The van der Waals surface area contributed by atoms with E-state index in [2.05, 4.69) is 11.7 Å². The summed E-state index contributed by atoms with van der Waals surface area (Å²) in [7, 11) is 0. The highest BCUT2D eigenvalue weighted by Gasteiger charge is 2.32. The normalized spacial score (nSPS) is 19.6. The lowest BCUT2D eigenvalue weighted by molar-refractivity contribution is -0.275. The molecule has 2 aromatic rings. The first kappa shape index (κ1) is 21.1. The molecule has 0 atom stereocenters. The molecule has 3 nitrogen and oxygen atoms in total. The highest BCUT2D eigenvalue weighted by Crippen LogP contribution is 2.31. The van der Waals surface area contributed by atoms with Crippen molar-refractivity contribution in [3.05, 3.63) is 59.4 Å². The van der Waals surface area contributed by atoms with Gasteiger partial charge in [0.1, 0.15) is 5.75 Å². The van der Waals surface area contributed by atoms with Crippen molar-refractivity contribution in [3.63, 3.8) is 0 Å². The maximum atomic E-state index is 13.7. The molecule has 3 rings (SSSR count). The van der Waals surface area contributed by atoms with Crippen molar-refractivity contribution in [1.29, 1.82) is 0 Å². The molecule has 1 aliphatic rings. The van der Waals surface area contributed by atoms with Gasteiger partial charge in [-0.05, 0) is 60.9 Å². The van der Waals surface area contributed by atoms with E-state index < -0.39 is 23.9 Å². The Morgan fingerprint density at radius 3 is 2.28 bits per heavy atom. The highest BCUT2D eigenvalue weighted by molar-refractivity contribution is 5.91. The lowest BCUT2D eigenvalue weighted by atomic mass is 9.80. The van der Waals surface area contributed by atoms with Crippen molar-refractivity contribution >= 4 is 5.97 Å². The van der Waals surface area contributed by atoms with Gasteiger partial charge in [-0.2, -0.15) is 0 Å². The van der Waals surface area contributed by atoms with Crippen LogP contribution in [0.2, 0.25) is 0 Å². The van der Waals surface area contributed by atoms with Crippen LogP contribution in [0, 0.1) is 17.7 Å². The third-order valence-corrected chi connectivity index (χ3v) is 5.19. The standard InChI is InChI=1S/C22H22F4O3/c1-14-2-4-15(5-3-14)12-16-6-8-17(9-7-16)21(27)28-18-10-11-20(19(23)13-18)29-22(24,25)26/h6-11,13-15H,2-5,12H2,1H3. The smallest absolute Gasteiger partial charge is 0.423 e. The average Bonchev–Trinajstić information content (AvgIpc) is 2.65. The predicted molar refractivity (Wildman–Crippen MR) is 99.3 cm³/mol. The van der Waals surface area contributed by atoms with Gasteiger partial charge < -0.3 is 9.47 Å². The van der Waals surface area contributed by atoms with Gasteiger partial charge >= 0.3 is 12.3 Å². The first-order chi connectivity index (χ1) is 13.7. The van der Waals surface area contributed by atoms with Crippen LogP contribution in [0.3, 0.4) is 0 Å². The summed E-state index contributed by atoms with van der Waals surface area (Å²) in [6.45, 7) is 2.28. The van der Waals surface area contributed by atoms with E-state index in [0.29, 0.717) is 12.0 Å². The minimum Gasteiger partial charge on any atom is -0.423 e. The number of carbonyl (C=O) groups is 1. The third-order valence-electron chi connectivity index (χ3n) is 5.19. The molecule has 0 amide bonds. The molecule has 29 heavy (non-hydrogen) atoms. The number of esters is 1. The van der Waals surface area contributed by atoms with Gasteiger partial charge in [-0.3, -0.25) is 0 Å². The second-order valence-electron chi connectivity index (χ2n) is 7.56. The van der Waals surface area contributed by atoms with E-state index in [9.17, 15) is 22.4 Å². The maximum Gasteiger partial charge on any atom is 0.573 e. The molecule has 7 heteroatoms. The van der Waals surface area contributed by atoms with Crippen molar-refractivity contribution in [2.24, 2.45) is 11.8 Å². The Balaban J connectivity index is 1.58. The van der Waals surface area contributed by atoms with Gasteiger partial charge in [0.15, 0.2) is 11.6 Å². The number of carbonyl (C=O) groups excluding carboxylic acids is 1. The average molecular weight is 410 g/mol. The van der Waals surface area contributed by atoms with Crippen LogP contribution >= 0.6 is 0 Å². The number of hydrogen-bond acceptors (Lipinski definition) is 3. The zero-order chi connectivity index (χ0) is 21.0. The summed E-state index contributed by atoms with van der Waals surface area (Å²) in [6, 6.07) is 9.50. The SMILES string of the molecule is CC1CCC(Cc2ccc(C(=O)Oc3ccc(OC(F)(F)F)c(F)c3)cc2)CC1. The van der Waals surface area contributed by atoms with E-state index in [1.165, 1.54) is 25.7 Å². The Labute approximate surface area is 166 Å². The minimum absolute atomic E-state index is 0.206. The van der Waals surface area contributed by atoms with E-state index in [0.717, 1.165) is 30.0 Å². The Morgan fingerprint density at radius 1 is 1.03 bits per heavy atom. The molecule has 156 valence electrons. The molecule has 0 aromatic heterocycles. The third kappa shape index (κ3) is 6.21. The predicted octanol–water partition coefficient (Wildman–Crippen LogP) is 6.31. The summed E-state index contributed by atoms with van der Waals surface area (Å²) >= 11 is 0. The molecular weight excluding hydrogens is 388 g/mol. The Bertz CT molecular complexity index is 838. The van der Waals surface area contributed by atoms with Crippen molar-refractivity contribution in [2.75, 3.05) is 0 Å².